The molecular weight excluding hydrogens is 290 g/mol. The highest BCUT2D eigenvalue weighted by atomic mass is 16.6. The van der Waals surface area contributed by atoms with E-state index in [1.165, 1.54) is 5.56 Å². The number of nitrogens with zero attached hydrogens (tertiary/aromatic N) is 1. The molecule has 122 valence electrons. The highest BCUT2D eigenvalue weighted by Crippen LogP contribution is 2.35. The Labute approximate surface area is 136 Å². The van der Waals surface area contributed by atoms with Gasteiger partial charge in [-0.05, 0) is 58.6 Å². The summed E-state index contributed by atoms with van der Waals surface area (Å²) in [4.78, 5) is 24.5. The van der Waals surface area contributed by atoms with Crippen LogP contribution in [0.25, 0.3) is 10.9 Å². The van der Waals surface area contributed by atoms with Gasteiger partial charge in [0.25, 0.3) is 0 Å². The molecular formula is C19H23NO3. The van der Waals surface area contributed by atoms with Crippen molar-refractivity contribution in [2.24, 2.45) is 5.92 Å². The third-order valence-electron chi connectivity index (χ3n) is 4.42. The average Bonchev–Trinajstić information content (AvgIpc) is 2.79. The maximum Gasteiger partial charge on any atom is 0.419 e. The van der Waals surface area contributed by atoms with Gasteiger partial charge in [0, 0.05) is 17.0 Å². The maximum atomic E-state index is 12.7. The van der Waals surface area contributed by atoms with Crippen LogP contribution in [0, 0.1) is 5.92 Å². The van der Waals surface area contributed by atoms with Crippen LogP contribution in [0.3, 0.4) is 0 Å². The molecule has 1 heterocycles. The number of fused-ring (bicyclic) bond motifs is 3. The molecule has 1 aliphatic rings. The number of ether oxygens (including phenoxy) is 1. The van der Waals surface area contributed by atoms with Crippen LogP contribution < -0.4 is 0 Å². The lowest BCUT2D eigenvalue weighted by molar-refractivity contribution is -0.121. The van der Waals surface area contributed by atoms with Crippen molar-refractivity contribution in [2.75, 3.05) is 0 Å². The van der Waals surface area contributed by atoms with Crippen LogP contribution in [0.5, 0.6) is 0 Å². The largest absolute Gasteiger partial charge is 0.443 e. The summed E-state index contributed by atoms with van der Waals surface area (Å²) in [5, 5.41) is 1.09. The Morgan fingerprint density at radius 1 is 1.22 bits per heavy atom. The fourth-order valence-electron chi connectivity index (χ4n) is 3.37. The minimum Gasteiger partial charge on any atom is -0.443 e. The van der Waals surface area contributed by atoms with Crippen LogP contribution in [0.2, 0.25) is 0 Å². The molecule has 0 amide bonds. The number of carbonyl (C=O) groups is 2. The third-order valence-corrected chi connectivity index (χ3v) is 4.42. The molecule has 1 aromatic heterocycles. The minimum atomic E-state index is -0.552. The van der Waals surface area contributed by atoms with Gasteiger partial charge in [0.1, 0.15) is 11.4 Å². The summed E-state index contributed by atoms with van der Waals surface area (Å²) >= 11 is 0. The molecule has 1 aliphatic carbocycles. The number of rotatable bonds is 1. The van der Waals surface area contributed by atoms with Crippen molar-refractivity contribution in [1.29, 1.82) is 0 Å². The zero-order valence-corrected chi connectivity index (χ0v) is 14.2. The van der Waals surface area contributed by atoms with E-state index in [2.05, 4.69) is 0 Å². The number of benzene rings is 1. The lowest BCUT2D eigenvalue weighted by Crippen LogP contribution is -2.30. The van der Waals surface area contributed by atoms with Crippen molar-refractivity contribution < 1.29 is 14.3 Å². The van der Waals surface area contributed by atoms with Gasteiger partial charge in [-0.25, -0.2) is 9.36 Å². The van der Waals surface area contributed by atoms with E-state index in [9.17, 15) is 9.59 Å². The van der Waals surface area contributed by atoms with Crippen molar-refractivity contribution in [3.05, 3.63) is 35.5 Å². The van der Waals surface area contributed by atoms with Crippen molar-refractivity contribution in [3.8, 4) is 0 Å². The lowest BCUT2D eigenvalue weighted by atomic mass is 9.84. The molecule has 0 aliphatic heterocycles. The second-order valence-corrected chi connectivity index (χ2v) is 7.31. The van der Waals surface area contributed by atoms with Gasteiger partial charge in [0.05, 0.1) is 5.52 Å². The molecule has 1 aromatic carbocycles. The van der Waals surface area contributed by atoms with Gasteiger partial charge in [-0.2, -0.15) is 0 Å². The summed E-state index contributed by atoms with van der Waals surface area (Å²) in [6, 6.07) is 7.90. The number of Topliss-reactive ketones (excluding diaryl/α,β-unsaturated/α-hetero) is 1. The molecule has 1 unspecified atom stereocenters. The number of aryl methyl sites for hydroxylation is 1. The quantitative estimate of drug-likeness (QED) is 0.795. The Balaban J connectivity index is 2.15. The molecule has 0 spiro atoms. The monoisotopic (exact) mass is 313 g/mol. The Bertz CT molecular complexity index is 780. The molecule has 0 N–H and O–H groups in total. The number of hydrogen-bond acceptors (Lipinski definition) is 3. The number of carbonyl (C=O) groups excluding carboxylic acids is 2. The van der Waals surface area contributed by atoms with E-state index in [-0.39, 0.29) is 17.8 Å². The Hall–Kier alpha value is -2.10. The molecule has 3 rings (SSSR count). The predicted molar refractivity (Wildman–Crippen MR) is 89.8 cm³/mol. The standard InChI is InChI=1S/C19H23NO3/c1-12(21)13-9-10-15-14-7-5-6-8-16(14)20(17(15)11-13)18(22)23-19(2,3)4/h5-8,13H,9-11H2,1-4H3. The molecule has 0 radical (unpaired) electrons. The molecule has 0 fully saturated rings. The first kappa shape index (κ1) is 15.8. The van der Waals surface area contributed by atoms with E-state index < -0.39 is 5.60 Å². The minimum absolute atomic E-state index is 0.00648. The van der Waals surface area contributed by atoms with Gasteiger partial charge in [-0.1, -0.05) is 18.2 Å². The Morgan fingerprint density at radius 2 is 1.91 bits per heavy atom. The second kappa shape index (κ2) is 5.52. The van der Waals surface area contributed by atoms with Crippen LogP contribution in [0.15, 0.2) is 24.3 Å². The molecule has 23 heavy (non-hydrogen) atoms. The molecule has 0 saturated heterocycles. The zero-order chi connectivity index (χ0) is 16.8. The van der Waals surface area contributed by atoms with Crippen LogP contribution >= 0.6 is 0 Å². The van der Waals surface area contributed by atoms with Gasteiger partial charge < -0.3 is 4.74 Å². The van der Waals surface area contributed by atoms with Crippen LogP contribution in [-0.4, -0.2) is 22.0 Å². The van der Waals surface area contributed by atoms with E-state index in [0.717, 1.165) is 29.4 Å². The molecule has 4 heteroatoms. The number of para-hydroxylation sites is 1. The third kappa shape index (κ3) is 2.90. The molecule has 0 saturated carbocycles. The summed E-state index contributed by atoms with van der Waals surface area (Å²) < 4.78 is 7.26. The lowest BCUT2D eigenvalue weighted by Gasteiger charge is -2.24. The highest BCUT2D eigenvalue weighted by molar-refractivity contribution is 5.94. The fourth-order valence-corrected chi connectivity index (χ4v) is 3.37. The number of ketones is 1. The molecule has 1 atom stereocenters. The molecule has 0 bridgehead atoms. The van der Waals surface area contributed by atoms with Crippen molar-refractivity contribution in [1.82, 2.24) is 4.57 Å². The van der Waals surface area contributed by atoms with Gasteiger partial charge in [0.2, 0.25) is 0 Å². The molecule has 2 aromatic rings. The van der Waals surface area contributed by atoms with Gasteiger partial charge in [-0.3, -0.25) is 4.79 Å². The number of aromatic nitrogens is 1. The summed E-state index contributed by atoms with van der Waals surface area (Å²) in [5.74, 6) is 0.185. The van der Waals surface area contributed by atoms with Gasteiger partial charge >= 0.3 is 6.09 Å². The van der Waals surface area contributed by atoms with Crippen molar-refractivity contribution in [3.63, 3.8) is 0 Å². The van der Waals surface area contributed by atoms with E-state index >= 15 is 0 Å². The summed E-state index contributed by atoms with van der Waals surface area (Å²) in [6.07, 6.45) is 1.93. The highest BCUT2D eigenvalue weighted by Gasteiger charge is 2.31. The summed E-state index contributed by atoms with van der Waals surface area (Å²) in [5.41, 5.74) is 2.44. The van der Waals surface area contributed by atoms with Crippen molar-refractivity contribution >= 4 is 22.8 Å². The average molecular weight is 313 g/mol. The van der Waals surface area contributed by atoms with E-state index in [0.29, 0.717) is 6.42 Å². The Kier molecular flexibility index (Phi) is 3.78. The zero-order valence-electron chi connectivity index (χ0n) is 14.2. The van der Waals surface area contributed by atoms with Crippen LogP contribution in [-0.2, 0) is 22.4 Å². The summed E-state index contributed by atoms with van der Waals surface area (Å²) in [7, 11) is 0. The van der Waals surface area contributed by atoms with E-state index in [4.69, 9.17) is 4.74 Å². The van der Waals surface area contributed by atoms with E-state index in [1.807, 2.05) is 45.0 Å². The fraction of sp³-hybridized carbons (Fsp3) is 0.474. The predicted octanol–water partition coefficient (Wildman–Crippen LogP) is 4.12. The summed E-state index contributed by atoms with van der Waals surface area (Å²) in [6.45, 7) is 7.22. The van der Waals surface area contributed by atoms with E-state index in [1.54, 1.807) is 11.5 Å². The maximum absolute atomic E-state index is 12.7. The van der Waals surface area contributed by atoms with Gasteiger partial charge in [0.15, 0.2) is 0 Å². The normalized spacial score (nSPS) is 17.8. The second-order valence-electron chi connectivity index (χ2n) is 7.31. The van der Waals surface area contributed by atoms with Crippen LogP contribution in [0.4, 0.5) is 4.79 Å². The first-order chi connectivity index (χ1) is 10.8. The SMILES string of the molecule is CC(=O)C1CCc2c(n(C(=O)OC(C)(C)C)c3ccccc23)C1. The Morgan fingerprint density at radius 3 is 2.57 bits per heavy atom. The number of hydrogen-bond donors (Lipinski definition) is 0. The topological polar surface area (TPSA) is 48.3 Å². The first-order valence-corrected chi connectivity index (χ1v) is 8.13. The van der Waals surface area contributed by atoms with Crippen LogP contribution in [0.1, 0.15) is 45.4 Å². The van der Waals surface area contributed by atoms with Gasteiger partial charge in [-0.15, -0.1) is 0 Å². The first-order valence-electron chi connectivity index (χ1n) is 8.13. The smallest absolute Gasteiger partial charge is 0.419 e. The van der Waals surface area contributed by atoms with Crippen molar-refractivity contribution in [2.45, 2.75) is 52.6 Å². The molecule has 4 nitrogen and oxygen atoms in total.